The number of hydrogen-bond donors (Lipinski definition) is 3. The summed E-state index contributed by atoms with van der Waals surface area (Å²) in [6.07, 6.45) is 0.320. The fraction of sp³-hybridized carbons (Fsp3) is 0.333. The number of aliphatic imine (C=N–C) groups is 1. The van der Waals surface area contributed by atoms with Crippen LogP contribution in [-0.4, -0.2) is 46.9 Å². The van der Waals surface area contributed by atoms with E-state index < -0.39 is 41.7 Å². The second kappa shape index (κ2) is 9.26. The van der Waals surface area contributed by atoms with E-state index in [4.69, 9.17) is 32.1 Å². The Morgan fingerprint density at radius 1 is 1.34 bits per heavy atom. The van der Waals surface area contributed by atoms with Crippen LogP contribution < -0.4 is 26.3 Å². The van der Waals surface area contributed by atoms with Crippen LogP contribution in [0.3, 0.4) is 0 Å². The van der Waals surface area contributed by atoms with E-state index in [1.165, 1.54) is 19.1 Å². The minimum Gasteiger partial charge on any atom is -0.463 e. The van der Waals surface area contributed by atoms with Crippen LogP contribution in [0.4, 0.5) is 33.9 Å². The number of nitrogens with zero attached hydrogens (tertiary/aromatic N) is 3. The Morgan fingerprint density at radius 2 is 2.06 bits per heavy atom. The lowest BCUT2D eigenvalue weighted by molar-refractivity contribution is -0.249. The average Bonchev–Trinajstić information content (AvgIpc) is 2.77. The number of benzene rings is 1. The van der Waals surface area contributed by atoms with E-state index in [0.29, 0.717) is 0 Å². The Hall–Kier alpha value is -4.12. The largest absolute Gasteiger partial charge is 0.463 e. The van der Waals surface area contributed by atoms with Gasteiger partial charge in [-0.05, 0) is 32.0 Å². The summed E-state index contributed by atoms with van der Waals surface area (Å²) in [6.45, 7) is 1.38. The minimum absolute atomic E-state index is 0.0146. The van der Waals surface area contributed by atoms with Crippen LogP contribution in [0, 0.1) is 18.2 Å². The van der Waals surface area contributed by atoms with Crippen molar-refractivity contribution in [3.8, 4) is 24.1 Å². The third-order valence-corrected chi connectivity index (χ3v) is 5.07. The van der Waals surface area contributed by atoms with Crippen LogP contribution in [0.5, 0.6) is 11.8 Å². The predicted molar refractivity (Wildman–Crippen MR) is 116 cm³/mol. The van der Waals surface area contributed by atoms with Crippen molar-refractivity contribution < 1.29 is 36.6 Å². The second-order valence-corrected chi connectivity index (χ2v) is 7.69. The summed E-state index contributed by atoms with van der Waals surface area (Å²) in [4.78, 5) is 23.8. The van der Waals surface area contributed by atoms with Gasteiger partial charge in [-0.25, -0.2) is 14.2 Å². The van der Waals surface area contributed by atoms with Crippen molar-refractivity contribution in [1.29, 1.82) is 0 Å². The molecule has 0 radical (unpaired) electrons. The highest BCUT2D eigenvalue weighted by Gasteiger charge is 2.59. The standard InChI is InChI=1S/C21H20F4N6O4/c1-4-7-33-14-9-28-16(15(26)30-14)35-18(32)29-11-5-6-13(22)12(8-11)19(2)10-34-20(3,17(27)31-19)21(23,24)25/h1,5-6,8-9H,7,10H2,2-3H3,(H2,26,30)(H2,27,31)(H,29,32). The Morgan fingerprint density at radius 3 is 2.66 bits per heavy atom. The van der Waals surface area contributed by atoms with Crippen LogP contribution in [-0.2, 0) is 10.3 Å². The molecule has 1 aliphatic rings. The van der Waals surface area contributed by atoms with E-state index in [0.717, 1.165) is 19.2 Å². The Kier molecular flexibility index (Phi) is 6.75. The molecule has 0 saturated heterocycles. The number of amides is 1. The molecule has 2 unspecified atom stereocenters. The summed E-state index contributed by atoms with van der Waals surface area (Å²) in [5, 5.41) is 2.33. The number of aromatic nitrogens is 2. The molecule has 0 bridgehead atoms. The van der Waals surface area contributed by atoms with Gasteiger partial charge in [0.2, 0.25) is 11.5 Å². The lowest BCUT2D eigenvalue weighted by atomic mass is 9.89. The highest BCUT2D eigenvalue weighted by molar-refractivity contribution is 5.91. The number of nitrogen functional groups attached to an aromatic ring is 1. The maximum Gasteiger partial charge on any atom is 0.424 e. The Labute approximate surface area is 196 Å². The van der Waals surface area contributed by atoms with Crippen molar-refractivity contribution in [2.45, 2.75) is 31.2 Å². The molecular formula is C21H20F4N6O4. The topological polar surface area (TPSA) is 147 Å². The zero-order chi connectivity index (χ0) is 26.0. The van der Waals surface area contributed by atoms with E-state index in [-0.39, 0.29) is 35.4 Å². The molecule has 0 spiro atoms. The fourth-order valence-corrected chi connectivity index (χ4v) is 3.01. The van der Waals surface area contributed by atoms with E-state index in [1.54, 1.807) is 0 Å². The normalized spacial score (nSPS) is 22.0. The number of anilines is 2. The summed E-state index contributed by atoms with van der Waals surface area (Å²) >= 11 is 0. The molecule has 1 amide bonds. The highest BCUT2D eigenvalue weighted by atomic mass is 19.4. The number of amidine groups is 1. The summed E-state index contributed by atoms with van der Waals surface area (Å²) < 4.78 is 69.7. The van der Waals surface area contributed by atoms with Gasteiger partial charge in [0.25, 0.3) is 5.88 Å². The lowest BCUT2D eigenvalue weighted by Gasteiger charge is -2.41. The first kappa shape index (κ1) is 25.5. The first-order valence-electron chi connectivity index (χ1n) is 9.83. The van der Waals surface area contributed by atoms with Gasteiger partial charge in [0.1, 0.15) is 17.2 Å². The number of hydrogen-bond acceptors (Lipinski definition) is 9. The fourth-order valence-electron chi connectivity index (χ4n) is 3.01. The number of terminal acetylenes is 1. The number of alkyl halides is 3. The third kappa shape index (κ3) is 5.19. The van der Waals surface area contributed by atoms with Crippen LogP contribution in [0.2, 0.25) is 0 Å². The number of carbonyl (C=O) groups excluding carboxylic acids is 1. The molecule has 10 nitrogen and oxygen atoms in total. The van der Waals surface area contributed by atoms with Crippen molar-refractivity contribution in [2.75, 3.05) is 24.3 Å². The number of carbonyl (C=O) groups is 1. The van der Waals surface area contributed by atoms with Gasteiger partial charge in [0, 0.05) is 11.3 Å². The second-order valence-electron chi connectivity index (χ2n) is 7.69. The summed E-state index contributed by atoms with van der Waals surface area (Å²) in [5.74, 6) is -0.0242. The molecule has 0 saturated carbocycles. The van der Waals surface area contributed by atoms with Gasteiger partial charge in [0.05, 0.1) is 12.8 Å². The smallest absolute Gasteiger partial charge is 0.424 e. The summed E-state index contributed by atoms with van der Waals surface area (Å²) in [5.41, 5.74) is 6.69. The van der Waals surface area contributed by atoms with Crippen LogP contribution in [0.15, 0.2) is 29.4 Å². The van der Waals surface area contributed by atoms with Crippen molar-refractivity contribution in [3.05, 3.63) is 35.8 Å². The zero-order valence-electron chi connectivity index (χ0n) is 18.4. The first-order chi connectivity index (χ1) is 16.3. The van der Waals surface area contributed by atoms with Crippen molar-refractivity contribution in [3.63, 3.8) is 0 Å². The van der Waals surface area contributed by atoms with Gasteiger partial charge >= 0.3 is 12.3 Å². The molecule has 0 fully saturated rings. The van der Waals surface area contributed by atoms with Crippen LogP contribution in [0.1, 0.15) is 19.4 Å². The third-order valence-electron chi connectivity index (χ3n) is 5.07. The lowest BCUT2D eigenvalue weighted by Crippen LogP contribution is -2.60. The number of nitrogens with one attached hydrogen (secondary N) is 1. The molecule has 1 aromatic carbocycles. The van der Waals surface area contributed by atoms with Gasteiger partial charge in [-0.2, -0.15) is 18.2 Å². The quantitative estimate of drug-likeness (QED) is 0.423. The minimum atomic E-state index is -4.83. The van der Waals surface area contributed by atoms with Crippen LogP contribution in [0.25, 0.3) is 0 Å². The molecular weight excluding hydrogens is 476 g/mol. The molecule has 5 N–H and O–H groups in total. The number of ether oxygens (including phenoxy) is 3. The van der Waals surface area contributed by atoms with Gasteiger partial charge in [0.15, 0.2) is 12.4 Å². The van der Waals surface area contributed by atoms with Crippen molar-refractivity contribution in [1.82, 2.24) is 9.97 Å². The molecule has 14 heteroatoms. The van der Waals surface area contributed by atoms with E-state index in [9.17, 15) is 22.4 Å². The maximum absolute atomic E-state index is 14.6. The molecule has 1 aliphatic heterocycles. The predicted octanol–water partition coefficient (Wildman–Crippen LogP) is 2.74. The molecule has 1 aromatic heterocycles. The van der Waals surface area contributed by atoms with E-state index >= 15 is 0 Å². The van der Waals surface area contributed by atoms with E-state index in [2.05, 4.69) is 26.2 Å². The van der Waals surface area contributed by atoms with Gasteiger partial charge in [-0.15, -0.1) is 6.42 Å². The highest BCUT2D eigenvalue weighted by Crippen LogP contribution is 2.41. The van der Waals surface area contributed by atoms with E-state index in [1.807, 2.05) is 0 Å². The first-order valence-corrected chi connectivity index (χ1v) is 9.83. The summed E-state index contributed by atoms with van der Waals surface area (Å²) in [7, 11) is 0. The van der Waals surface area contributed by atoms with Gasteiger partial charge in [-0.1, -0.05) is 5.92 Å². The molecule has 0 aliphatic carbocycles. The SMILES string of the molecule is C#CCOc1cnc(OC(=O)Nc2ccc(F)c(C3(C)COC(C)(C(F)(F)F)C(N)=N3)c2)c(N)n1. The Bertz CT molecular complexity index is 1220. The average molecular weight is 496 g/mol. The maximum atomic E-state index is 14.6. The summed E-state index contributed by atoms with van der Waals surface area (Å²) in [6, 6.07) is 3.36. The monoisotopic (exact) mass is 496 g/mol. The number of halogens is 4. The van der Waals surface area contributed by atoms with Crippen molar-refractivity contribution in [2.24, 2.45) is 10.7 Å². The number of nitrogens with two attached hydrogens (primary N) is 2. The Balaban J connectivity index is 1.79. The van der Waals surface area contributed by atoms with Gasteiger partial charge < -0.3 is 25.7 Å². The molecule has 3 rings (SSSR count). The van der Waals surface area contributed by atoms with Gasteiger partial charge in [-0.3, -0.25) is 10.3 Å². The zero-order valence-corrected chi connectivity index (χ0v) is 18.4. The molecule has 2 atom stereocenters. The van der Waals surface area contributed by atoms with Crippen molar-refractivity contribution >= 4 is 23.4 Å². The molecule has 35 heavy (non-hydrogen) atoms. The van der Waals surface area contributed by atoms with Crippen LogP contribution >= 0.6 is 0 Å². The number of rotatable bonds is 5. The molecule has 186 valence electrons. The molecule has 2 aromatic rings. The molecule has 2 heterocycles.